The van der Waals surface area contributed by atoms with E-state index >= 15 is 0 Å². The summed E-state index contributed by atoms with van der Waals surface area (Å²) in [5.74, 6) is 1.11. The van der Waals surface area contributed by atoms with Gasteiger partial charge in [-0.3, -0.25) is 0 Å². The molecule has 5 rings (SSSR count). The van der Waals surface area contributed by atoms with Gasteiger partial charge in [0.15, 0.2) is 0 Å². The van der Waals surface area contributed by atoms with E-state index in [1.807, 2.05) is 0 Å². The minimum absolute atomic E-state index is 0.0623. The fourth-order valence-corrected chi connectivity index (χ4v) is 9.91. The van der Waals surface area contributed by atoms with Crippen LogP contribution in [0.5, 0.6) is 0 Å². The Balaban J connectivity index is 2.11. The van der Waals surface area contributed by atoms with Crippen molar-refractivity contribution < 1.29 is 0 Å². The summed E-state index contributed by atoms with van der Waals surface area (Å²) < 4.78 is 0. The van der Waals surface area contributed by atoms with Gasteiger partial charge in [-0.2, -0.15) is 25.3 Å². The molecule has 4 aromatic rings. The van der Waals surface area contributed by atoms with E-state index in [0.29, 0.717) is 5.75 Å². The molecule has 0 aliphatic heterocycles. The Kier molecular flexibility index (Phi) is 9.36. The zero-order valence-electron chi connectivity index (χ0n) is 22.6. The Bertz CT molecular complexity index is 1450. The average Bonchev–Trinajstić information content (AvgIpc) is 2.96. The lowest BCUT2D eigenvalue weighted by Gasteiger charge is -2.66. The highest BCUT2D eigenvalue weighted by Crippen LogP contribution is 2.69. The molecule has 0 amide bonds. The SMILES string of the molecule is CC1CC(c2ccccc2S)C(c2ccccc2S)(C(C)CS)C(c2ccccc2S)(c2ccccc2S)C1S. The number of thiol groups is 6. The predicted octanol–water partition coefficient (Wildman–Crippen LogP) is 9.75. The molecule has 5 unspecified atom stereocenters. The highest BCUT2D eigenvalue weighted by Gasteiger charge is 2.68. The standard InChI is InChI=1S/C34H36S6/c1-21-19-27(23-11-3-7-15-28(23)36)33(22(2)20-35,24-12-4-8-16-29(24)37)34(32(21)40,25-13-5-9-17-30(25)38)26-14-6-10-18-31(26)39/h3-18,21-22,27,32,35-40H,19-20H2,1-2H3. The molecule has 1 aliphatic rings. The Hall–Kier alpha value is -1.02. The molecule has 40 heavy (non-hydrogen) atoms. The summed E-state index contributed by atoms with van der Waals surface area (Å²) in [6, 6.07) is 34.2. The number of hydrogen-bond donors (Lipinski definition) is 6. The summed E-state index contributed by atoms with van der Waals surface area (Å²) in [5, 5.41) is -0.0623. The molecule has 0 N–H and O–H groups in total. The van der Waals surface area contributed by atoms with Gasteiger partial charge < -0.3 is 0 Å². The summed E-state index contributed by atoms with van der Waals surface area (Å²) in [7, 11) is 0. The molecule has 208 valence electrons. The maximum Gasteiger partial charge on any atom is 0.0448 e. The van der Waals surface area contributed by atoms with Crippen molar-refractivity contribution >= 4 is 75.8 Å². The predicted molar refractivity (Wildman–Crippen MR) is 190 cm³/mol. The van der Waals surface area contributed by atoms with Crippen LogP contribution < -0.4 is 0 Å². The third-order valence-corrected chi connectivity index (χ3v) is 12.2. The quantitative estimate of drug-likeness (QED) is 0.112. The molecule has 0 spiro atoms. The molecule has 0 saturated heterocycles. The topological polar surface area (TPSA) is 0 Å². The van der Waals surface area contributed by atoms with E-state index in [0.717, 1.165) is 37.1 Å². The average molecular weight is 637 g/mol. The molecule has 4 aromatic carbocycles. The van der Waals surface area contributed by atoms with Gasteiger partial charge in [0.25, 0.3) is 0 Å². The zero-order valence-corrected chi connectivity index (χ0v) is 28.0. The van der Waals surface area contributed by atoms with Gasteiger partial charge in [-0.1, -0.05) is 86.6 Å². The van der Waals surface area contributed by atoms with Crippen molar-refractivity contribution in [2.45, 2.75) is 61.8 Å². The first kappa shape index (κ1) is 30.4. The number of rotatable bonds is 6. The van der Waals surface area contributed by atoms with Gasteiger partial charge in [-0.15, -0.1) is 50.5 Å². The van der Waals surface area contributed by atoms with Crippen LogP contribution >= 0.6 is 75.8 Å². The van der Waals surface area contributed by atoms with E-state index in [4.69, 9.17) is 75.8 Å². The van der Waals surface area contributed by atoms with Crippen LogP contribution in [0.2, 0.25) is 0 Å². The summed E-state index contributed by atoms with van der Waals surface area (Å²) in [5.41, 5.74) is 3.55. The van der Waals surface area contributed by atoms with Crippen molar-refractivity contribution in [2.75, 3.05) is 5.75 Å². The van der Waals surface area contributed by atoms with E-state index in [2.05, 4.69) is 111 Å². The molecular formula is C34H36S6. The second-order valence-electron chi connectivity index (χ2n) is 11.1. The molecule has 0 aromatic heterocycles. The Labute approximate surface area is 272 Å². The van der Waals surface area contributed by atoms with Crippen molar-refractivity contribution in [1.82, 2.24) is 0 Å². The van der Waals surface area contributed by atoms with Gasteiger partial charge in [-0.25, -0.2) is 0 Å². The minimum Gasteiger partial charge on any atom is -0.179 e. The van der Waals surface area contributed by atoms with Crippen LogP contribution in [-0.4, -0.2) is 11.0 Å². The first-order valence-corrected chi connectivity index (χ1v) is 16.6. The van der Waals surface area contributed by atoms with Crippen LogP contribution in [0.3, 0.4) is 0 Å². The Morgan fingerprint density at radius 1 is 0.675 bits per heavy atom. The Morgan fingerprint density at radius 3 is 1.55 bits per heavy atom. The molecule has 0 bridgehead atoms. The van der Waals surface area contributed by atoms with Crippen LogP contribution in [0.4, 0.5) is 0 Å². The normalized spacial score (nSPS) is 24.9. The Morgan fingerprint density at radius 2 is 1.10 bits per heavy atom. The molecular weight excluding hydrogens is 601 g/mol. The zero-order chi connectivity index (χ0) is 28.7. The van der Waals surface area contributed by atoms with Gasteiger partial charge >= 0.3 is 0 Å². The lowest BCUT2D eigenvalue weighted by atomic mass is 9.39. The van der Waals surface area contributed by atoms with E-state index in [-0.39, 0.29) is 23.0 Å². The van der Waals surface area contributed by atoms with E-state index in [1.165, 1.54) is 11.1 Å². The molecule has 1 aliphatic carbocycles. The lowest BCUT2D eigenvalue weighted by molar-refractivity contribution is 0.0655. The third-order valence-electron chi connectivity index (χ3n) is 9.16. The van der Waals surface area contributed by atoms with Crippen LogP contribution in [0, 0.1) is 11.8 Å². The molecule has 1 fully saturated rings. The van der Waals surface area contributed by atoms with Gasteiger partial charge in [0.1, 0.15) is 0 Å². The first-order valence-electron chi connectivity index (χ1n) is 13.6. The van der Waals surface area contributed by atoms with Crippen molar-refractivity contribution in [3.05, 3.63) is 119 Å². The number of hydrogen-bond acceptors (Lipinski definition) is 6. The largest absolute Gasteiger partial charge is 0.179 e. The van der Waals surface area contributed by atoms with Crippen molar-refractivity contribution in [2.24, 2.45) is 11.8 Å². The van der Waals surface area contributed by atoms with Crippen molar-refractivity contribution in [3.63, 3.8) is 0 Å². The fraction of sp³-hybridized carbons (Fsp3) is 0.294. The molecule has 6 heteroatoms. The van der Waals surface area contributed by atoms with E-state index in [9.17, 15) is 0 Å². The maximum atomic E-state index is 5.63. The van der Waals surface area contributed by atoms with Gasteiger partial charge in [-0.05, 0) is 76.4 Å². The second-order valence-corrected chi connectivity index (χ2v) is 13.9. The minimum atomic E-state index is -0.647. The van der Waals surface area contributed by atoms with Crippen LogP contribution in [0.1, 0.15) is 48.4 Å². The first-order chi connectivity index (χ1) is 19.2. The fourth-order valence-electron chi connectivity index (χ4n) is 7.68. The number of benzene rings is 4. The molecule has 1 saturated carbocycles. The summed E-state index contributed by atoms with van der Waals surface area (Å²) >= 11 is 31.2. The van der Waals surface area contributed by atoms with E-state index in [1.54, 1.807) is 0 Å². The highest BCUT2D eigenvalue weighted by molar-refractivity contribution is 7.81. The molecule has 0 radical (unpaired) electrons. The van der Waals surface area contributed by atoms with Crippen LogP contribution in [0.25, 0.3) is 0 Å². The molecule has 5 atom stereocenters. The van der Waals surface area contributed by atoms with Gasteiger partial charge in [0.2, 0.25) is 0 Å². The van der Waals surface area contributed by atoms with Crippen LogP contribution in [-0.2, 0) is 10.8 Å². The summed E-state index contributed by atoms with van der Waals surface area (Å²) in [4.78, 5) is 3.84. The third kappa shape index (κ3) is 4.60. The van der Waals surface area contributed by atoms with Crippen LogP contribution in [0.15, 0.2) is 117 Å². The summed E-state index contributed by atoms with van der Waals surface area (Å²) in [6.07, 6.45) is 0.942. The van der Waals surface area contributed by atoms with Gasteiger partial charge in [0, 0.05) is 35.7 Å². The van der Waals surface area contributed by atoms with Crippen molar-refractivity contribution in [3.8, 4) is 0 Å². The monoisotopic (exact) mass is 636 g/mol. The second kappa shape index (κ2) is 12.3. The maximum absolute atomic E-state index is 5.63. The lowest BCUT2D eigenvalue weighted by Crippen LogP contribution is -2.66. The molecule has 0 heterocycles. The van der Waals surface area contributed by atoms with Crippen molar-refractivity contribution in [1.29, 1.82) is 0 Å². The summed E-state index contributed by atoms with van der Waals surface area (Å²) in [6.45, 7) is 4.68. The molecule has 0 nitrogen and oxygen atoms in total. The highest BCUT2D eigenvalue weighted by atomic mass is 32.1. The van der Waals surface area contributed by atoms with E-state index < -0.39 is 10.8 Å². The van der Waals surface area contributed by atoms with Gasteiger partial charge in [0.05, 0.1) is 0 Å². The smallest absolute Gasteiger partial charge is 0.0448 e.